The first kappa shape index (κ1) is 11.3. The van der Waals surface area contributed by atoms with Gasteiger partial charge in [-0.3, -0.25) is 4.90 Å². The number of furan rings is 1. The Morgan fingerprint density at radius 3 is 2.82 bits per heavy atom. The number of rotatable bonds is 2. The molecular weight excluding hydrogens is 282 g/mol. The maximum atomic E-state index is 5.87. The molecule has 0 amide bonds. The second-order valence-corrected chi connectivity index (χ2v) is 5.11. The lowest BCUT2D eigenvalue weighted by molar-refractivity contribution is 0.0315. The van der Waals surface area contributed by atoms with Crippen LogP contribution in [0.5, 0.6) is 0 Å². The molecule has 1 saturated heterocycles. The minimum atomic E-state index is 0.823. The van der Waals surface area contributed by atoms with Crippen molar-refractivity contribution >= 4 is 26.9 Å². The number of nitrogens with zero attached hydrogens (tertiary/aromatic N) is 1. The molecular formula is C13H14BrNO2. The van der Waals surface area contributed by atoms with Crippen LogP contribution in [0.2, 0.25) is 0 Å². The van der Waals surface area contributed by atoms with E-state index in [1.54, 1.807) is 0 Å². The zero-order chi connectivity index (χ0) is 11.7. The zero-order valence-electron chi connectivity index (χ0n) is 9.49. The van der Waals surface area contributed by atoms with Gasteiger partial charge in [-0.25, -0.2) is 0 Å². The van der Waals surface area contributed by atoms with Crippen molar-refractivity contribution in [2.75, 3.05) is 26.3 Å². The molecule has 1 aliphatic heterocycles. The summed E-state index contributed by atoms with van der Waals surface area (Å²) >= 11 is 3.51. The second-order valence-electron chi connectivity index (χ2n) is 4.26. The SMILES string of the molecule is Brc1cccc2cc(CN3CCOCC3)oc12. The van der Waals surface area contributed by atoms with Gasteiger partial charge in [0.15, 0.2) is 0 Å². The molecule has 0 aliphatic carbocycles. The number of hydrogen-bond acceptors (Lipinski definition) is 3. The molecule has 0 N–H and O–H groups in total. The van der Waals surface area contributed by atoms with Gasteiger partial charge in [0.25, 0.3) is 0 Å². The Kier molecular flexibility index (Phi) is 3.18. The molecule has 0 spiro atoms. The molecule has 1 fully saturated rings. The van der Waals surface area contributed by atoms with Crippen LogP contribution < -0.4 is 0 Å². The molecule has 1 aromatic heterocycles. The average molecular weight is 296 g/mol. The Labute approximate surface area is 108 Å². The van der Waals surface area contributed by atoms with Crippen molar-refractivity contribution in [3.63, 3.8) is 0 Å². The Bertz CT molecular complexity index is 517. The quantitative estimate of drug-likeness (QED) is 0.852. The van der Waals surface area contributed by atoms with Gasteiger partial charge in [-0.2, -0.15) is 0 Å². The van der Waals surface area contributed by atoms with Crippen molar-refractivity contribution in [3.8, 4) is 0 Å². The van der Waals surface area contributed by atoms with Crippen molar-refractivity contribution in [1.29, 1.82) is 0 Å². The Morgan fingerprint density at radius 1 is 1.24 bits per heavy atom. The molecule has 90 valence electrons. The molecule has 1 aromatic carbocycles. The molecule has 0 radical (unpaired) electrons. The number of hydrogen-bond donors (Lipinski definition) is 0. The van der Waals surface area contributed by atoms with Crippen LogP contribution in [0, 0.1) is 0 Å². The summed E-state index contributed by atoms with van der Waals surface area (Å²) in [5.74, 6) is 1.02. The first-order valence-corrected chi connectivity index (χ1v) is 6.59. The summed E-state index contributed by atoms with van der Waals surface area (Å²) in [4.78, 5) is 2.36. The van der Waals surface area contributed by atoms with Crippen LogP contribution in [0.1, 0.15) is 5.76 Å². The minimum absolute atomic E-state index is 0.823. The summed E-state index contributed by atoms with van der Waals surface area (Å²) in [7, 11) is 0. The van der Waals surface area contributed by atoms with Gasteiger partial charge in [-0.1, -0.05) is 12.1 Å². The number of halogens is 1. The molecule has 17 heavy (non-hydrogen) atoms. The molecule has 0 atom stereocenters. The standard InChI is InChI=1S/C13H14BrNO2/c14-12-3-1-2-10-8-11(17-13(10)12)9-15-4-6-16-7-5-15/h1-3,8H,4-7,9H2. The van der Waals surface area contributed by atoms with E-state index in [2.05, 4.69) is 33.0 Å². The minimum Gasteiger partial charge on any atom is -0.459 e. The van der Waals surface area contributed by atoms with Crippen molar-refractivity contribution in [3.05, 3.63) is 34.5 Å². The third-order valence-corrected chi connectivity index (χ3v) is 3.65. The fourth-order valence-corrected chi connectivity index (χ4v) is 2.60. The van der Waals surface area contributed by atoms with E-state index >= 15 is 0 Å². The van der Waals surface area contributed by atoms with E-state index < -0.39 is 0 Å². The smallest absolute Gasteiger partial charge is 0.148 e. The summed E-state index contributed by atoms with van der Waals surface area (Å²) in [6, 6.07) is 8.23. The Hall–Kier alpha value is -0.840. The van der Waals surface area contributed by atoms with Gasteiger partial charge in [-0.05, 0) is 28.1 Å². The predicted octanol–water partition coefficient (Wildman–Crippen LogP) is 3.03. The van der Waals surface area contributed by atoms with Crippen LogP contribution in [-0.2, 0) is 11.3 Å². The number of morpholine rings is 1. The zero-order valence-corrected chi connectivity index (χ0v) is 11.1. The monoisotopic (exact) mass is 295 g/mol. The van der Waals surface area contributed by atoms with Gasteiger partial charge in [0.2, 0.25) is 0 Å². The summed E-state index contributed by atoms with van der Waals surface area (Å²) in [6.07, 6.45) is 0. The van der Waals surface area contributed by atoms with E-state index in [1.807, 2.05) is 12.1 Å². The molecule has 1 aliphatic rings. The van der Waals surface area contributed by atoms with E-state index in [0.717, 1.165) is 54.1 Å². The summed E-state index contributed by atoms with van der Waals surface area (Å²) in [5.41, 5.74) is 0.941. The lowest BCUT2D eigenvalue weighted by Gasteiger charge is -2.25. The number of fused-ring (bicyclic) bond motifs is 1. The van der Waals surface area contributed by atoms with Gasteiger partial charge in [0.05, 0.1) is 24.2 Å². The molecule has 2 aromatic rings. The molecule has 0 unspecified atom stereocenters. The van der Waals surface area contributed by atoms with Crippen molar-refractivity contribution in [2.45, 2.75) is 6.54 Å². The largest absolute Gasteiger partial charge is 0.459 e. The maximum absolute atomic E-state index is 5.87. The predicted molar refractivity (Wildman–Crippen MR) is 70.0 cm³/mol. The molecule has 3 rings (SSSR count). The van der Waals surface area contributed by atoms with Gasteiger partial charge < -0.3 is 9.15 Å². The van der Waals surface area contributed by atoms with Crippen LogP contribution in [0.15, 0.2) is 33.2 Å². The van der Waals surface area contributed by atoms with E-state index in [1.165, 1.54) is 0 Å². The summed E-state index contributed by atoms with van der Waals surface area (Å²) in [5, 5.41) is 1.16. The Morgan fingerprint density at radius 2 is 2.06 bits per heavy atom. The molecule has 4 heteroatoms. The highest BCUT2D eigenvalue weighted by molar-refractivity contribution is 9.10. The lowest BCUT2D eigenvalue weighted by Crippen LogP contribution is -2.35. The third-order valence-electron chi connectivity index (χ3n) is 3.03. The van der Waals surface area contributed by atoms with Crippen LogP contribution in [0.4, 0.5) is 0 Å². The van der Waals surface area contributed by atoms with Gasteiger partial charge in [0, 0.05) is 18.5 Å². The maximum Gasteiger partial charge on any atom is 0.148 e. The van der Waals surface area contributed by atoms with E-state index in [0.29, 0.717) is 0 Å². The average Bonchev–Trinajstić information content (AvgIpc) is 2.74. The topological polar surface area (TPSA) is 25.6 Å². The van der Waals surface area contributed by atoms with Crippen LogP contribution in [-0.4, -0.2) is 31.2 Å². The third kappa shape index (κ3) is 2.39. The molecule has 0 bridgehead atoms. The van der Waals surface area contributed by atoms with Crippen LogP contribution in [0.3, 0.4) is 0 Å². The van der Waals surface area contributed by atoms with Crippen LogP contribution >= 0.6 is 15.9 Å². The van der Waals surface area contributed by atoms with Gasteiger partial charge >= 0.3 is 0 Å². The van der Waals surface area contributed by atoms with Crippen LogP contribution in [0.25, 0.3) is 11.0 Å². The number of ether oxygens (including phenoxy) is 1. The fraction of sp³-hybridized carbons (Fsp3) is 0.385. The first-order chi connectivity index (χ1) is 8.33. The van der Waals surface area contributed by atoms with Gasteiger partial charge in [0.1, 0.15) is 11.3 Å². The van der Waals surface area contributed by atoms with E-state index in [9.17, 15) is 0 Å². The summed E-state index contributed by atoms with van der Waals surface area (Å²) in [6.45, 7) is 4.48. The molecule has 0 saturated carbocycles. The normalized spacial score (nSPS) is 17.7. The highest BCUT2D eigenvalue weighted by Crippen LogP contribution is 2.27. The highest BCUT2D eigenvalue weighted by atomic mass is 79.9. The van der Waals surface area contributed by atoms with E-state index in [-0.39, 0.29) is 0 Å². The molecule has 2 heterocycles. The first-order valence-electron chi connectivity index (χ1n) is 5.80. The van der Waals surface area contributed by atoms with E-state index in [4.69, 9.17) is 9.15 Å². The summed E-state index contributed by atoms with van der Waals surface area (Å²) < 4.78 is 12.2. The number of para-hydroxylation sites is 1. The van der Waals surface area contributed by atoms with Crippen molar-refractivity contribution < 1.29 is 9.15 Å². The second kappa shape index (κ2) is 4.80. The lowest BCUT2D eigenvalue weighted by atomic mass is 10.2. The number of benzene rings is 1. The van der Waals surface area contributed by atoms with Gasteiger partial charge in [-0.15, -0.1) is 0 Å². The Balaban J connectivity index is 1.83. The van der Waals surface area contributed by atoms with Crippen molar-refractivity contribution in [1.82, 2.24) is 4.90 Å². The molecule has 3 nitrogen and oxygen atoms in total. The fourth-order valence-electron chi connectivity index (χ4n) is 2.14. The highest BCUT2D eigenvalue weighted by Gasteiger charge is 2.13. The van der Waals surface area contributed by atoms with Crippen molar-refractivity contribution in [2.24, 2.45) is 0 Å².